The molecule has 0 aliphatic heterocycles. The number of nitrogens with one attached hydrogen (secondary N) is 1. The molecule has 2 N–H and O–H groups in total. The van der Waals surface area contributed by atoms with Gasteiger partial charge in [0.1, 0.15) is 5.82 Å². The first kappa shape index (κ1) is 18.1. The zero-order valence-electron chi connectivity index (χ0n) is 14.3. The highest BCUT2D eigenvalue weighted by atomic mass is 19.1. The number of benzene rings is 1. The number of aliphatic carboxylic acids is 1. The first-order chi connectivity index (χ1) is 12.5. The number of carbonyl (C=O) groups excluding carboxylic acids is 1. The molecule has 6 nitrogen and oxygen atoms in total. The number of rotatable bonds is 6. The van der Waals surface area contributed by atoms with Crippen molar-refractivity contribution in [1.29, 1.82) is 0 Å². The zero-order chi connectivity index (χ0) is 18.5. The van der Waals surface area contributed by atoms with Crippen LogP contribution in [-0.4, -0.2) is 28.0 Å². The highest BCUT2D eigenvalue weighted by Crippen LogP contribution is 2.25. The summed E-state index contributed by atoms with van der Waals surface area (Å²) < 4.78 is 19.3. The van der Waals surface area contributed by atoms with Crippen LogP contribution in [0.1, 0.15) is 38.0 Å². The van der Waals surface area contributed by atoms with E-state index < -0.39 is 5.97 Å². The van der Waals surface area contributed by atoms with E-state index in [2.05, 4.69) is 10.3 Å². The number of oxazole rings is 1. The Morgan fingerprint density at radius 1 is 1.23 bits per heavy atom. The predicted molar refractivity (Wildman–Crippen MR) is 91.7 cm³/mol. The molecule has 0 saturated heterocycles. The lowest BCUT2D eigenvalue weighted by Gasteiger charge is -2.26. The standard InChI is InChI=1S/C19H21FN2O4/c20-15-4-2-1-3-14(15)16-11-21-18(26-16)10-9-17(23)22-13-7-5-12(6-8-13)19(24)25/h1-4,11-13H,5-10H2,(H,22,23)(H,24,25). The lowest BCUT2D eigenvalue weighted by molar-refractivity contribution is -0.142. The van der Waals surface area contributed by atoms with Gasteiger partial charge in [0.05, 0.1) is 17.7 Å². The molecule has 1 amide bonds. The third-order valence-electron chi connectivity index (χ3n) is 4.70. The molecule has 138 valence electrons. The third kappa shape index (κ3) is 4.47. The number of halogens is 1. The van der Waals surface area contributed by atoms with E-state index >= 15 is 0 Å². The summed E-state index contributed by atoms with van der Waals surface area (Å²) >= 11 is 0. The summed E-state index contributed by atoms with van der Waals surface area (Å²) in [7, 11) is 0. The summed E-state index contributed by atoms with van der Waals surface area (Å²) in [4.78, 5) is 27.1. The molecule has 1 saturated carbocycles. The molecule has 1 fully saturated rings. The van der Waals surface area contributed by atoms with Gasteiger partial charge in [-0.05, 0) is 37.8 Å². The van der Waals surface area contributed by atoms with Crippen molar-refractivity contribution in [2.45, 2.75) is 44.6 Å². The van der Waals surface area contributed by atoms with Crippen LogP contribution in [0.4, 0.5) is 4.39 Å². The fourth-order valence-electron chi connectivity index (χ4n) is 3.22. The van der Waals surface area contributed by atoms with Crippen molar-refractivity contribution in [1.82, 2.24) is 10.3 Å². The molecule has 26 heavy (non-hydrogen) atoms. The Kier molecular flexibility index (Phi) is 5.65. The van der Waals surface area contributed by atoms with Gasteiger partial charge in [0.2, 0.25) is 5.91 Å². The number of carboxylic acids is 1. The van der Waals surface area contributed by atoms with Crippen molar-refractivity contribution in [2.24, 2.45) is 5.92 Å². The summed E-state index contributed by atoms with van der Waals surface area (Å²) in [6.07, 6.45) is 4.54. The highest BCUT2D eigenvalue weighted by molar-refractivity contribution is 5.76. The minimum atomic E-state index is -0.760. The van der Waals surface area contributed by atoms with Crippen LogP contribution in [0.2, 0.25) is 0 Å². The molecule has 0 radical (unpaired) electrons. The van der Waals surface area contributed by atoms with Crippen LogP contribution in [0.5, 0.6) is 0 Å². The van der Waals surface area contributed by atoms with Crippen LogP contribution in [0, 0.1) is 11.7 Å². The smallest absolute Gasteiger partial charge is 0.306 e. The summed E-state index contributed by atoms with van der Waals surface area (Å²) in [6, 6.07) is 6.30. The highest BCUT2D eigenvalue weighted by Gasteiger charge is 2.26. The molecule has 7 heteroatoms. The minimum Gasteiger partial charge on any atom is -0.481 e. The first-order valence-corrected chi connectivity index (χ1v) is 8.74. The number of carbonyl (C=O) groups is 2. The first-order valence-electron chi connectivity index (χ1n) is 8.74. The van der Waals surface area contributed by atoms with Crippen LogP contribution in [0.15, 0.2) is 34.9 Å². The molecule has 0 bridgehead atoms. The van der Waals surface area contributed by atoms with Gasteiger partial charge in [-0.3, -0.25) is 9.59 Å². The van der Waals surface area contributed by atoms with Gasteiger partial charge in [-0.1, -0.05) is 12.1 Å². The average Bonchev–Trinajstić information content (AvgIpc) is 3.09. The molecule has 0 spiro atoms. The summed E-state index contributed by atoms with van der Waals surface area (Å²) in [6.45, 7) is 0. The van der Waals surface area contributed by atoms with Crippen LogP contribution < -0.4 is 5.32 Å². The van der Waals surface area contributed by atoms with Gasteiger partial charge < -0.3 is 14.8 Å². The molecule has 1 heterocycles. The largest absolute Gasteiger partial charge is 0.481 e. The van der Waals surface area contributed by atoms with E-state index in [9.17, 15) is 14.0 Å². The number of nitrogens with zero attached hydrogens (tertiary/aromatic N) is 1. The number of amides is 1. The summed E-state index contributed by atoms with van der Waals surface area (Å²) in [5, 5.41) is 11.9. The zero-order valence-corrected chi connectivity index (χ0v) is 14.3. The molecule has 0 unspecified atom stereocenters. The topological polar surface area (TPSA) is 92.4 Å². The minimum absolute atomic E-state index is 0.0247. The van der Waals surface area contributed by atoms with Crippen molar-refractivity contribution in [3.63, 3.8) is 0 Å². The van der Waals surface area contributed by atoms with E-state index in [1.165, 1.54) is 12.3 Å². The average molecular weight is 360 g/mol. The Hall–Kier alpha value is -2.70. The van der Waals surface area contributed by atoms with Crippen LogP contribution in [0.3, 0.4) is 0 Å². The Morgan fingerprint density at radius 3 is 2.65 bits per heavy atom. The van der Waals surface area contributed by atoms with E-state index in [0.29, 0.717) is 49.3 Å². The van der Waals surface area contributed by atoms with E-state index in [1.54, 1.807) is 18.2 Å². The maximum absolute atomic E-state index is 13.7. The lowest BCUT2D eigenvalue weighted by atomic mass is 9.86. The second kappa shape index (κ2) is 8.12. The van der Waals surface area contributed by atoms with E-state index in [1.807, 2.05) is 0 Å². The van der Waals surface area contributed by atoms with Gasteiger partial charge in [-0.25, -0.2) is 9.37 Å². The van der Waals surface area contributed by atoms with Gasteiger partial charge in [0.15, 0.2) is 11.7 Å². The molecular formula is C19H21FN2O4. The fraction of sp³-hybridized carbons (Fsp3) is 0.421. The SMILES string of the molecule is O=C(CCc1ncc(-c2ccccc2F)o1)NC1CCC(C(=O)O)CC1. The molecule has 1 aromatic heterocycles. The predicted octanol–water partition coefficient (Wildman–Crippen LogP) is 3.17. The monoisotopic (exact) mass is 360 g/mol. The Balaban J connectivity index is 1.47. The van der Waals surface area contributed by atoms with Crippen molar-refractivity contribution in [2.75, 3.05) is 0 Å². The summed E-state index contributed by atoms with van der Waals surface area (Å²) in [5.41, 5.74) is 0.339. The maximum atomic E-state index is 13.7. The van der Waals surface area contributed by atoms with Crippen LogP contribution in [-0.2, 0) is 16.0 Å². The Bertz CT molecular complexity index is 781. The number of aromatic nitrogens is 1. The van der Waals surface area contributed by atoms with E-state index in [-0.39, 0.29) is 30.1 Å². The van der Waals surface area contributed by atoms with Crippen molar-refractivity contribution < 1.29 is 23.5 Å². The van der Waals surface area contributed by atoms with E-state index in [4.69, 9.17) is 9.52 Å². The fourth-order valence-corrected chi connectivity index (χ4v) is 3.22. The number of hydrogen-bond donors (Lipinski definition) is 2. The van der Waals surface area contributed by atoms with Gasteiger partial charge in [-0.2, -0.15) is 0 Å². The number of carboxylic acid groups (broad SMARTS) is 1. The Labute approximate surface area is 150 Å². The van der Waals surface area contributed by atoms with Crippen molar-refractivity contribution >= 4 is 11.9 Å². The molecule has 2 aromatic rings. The van der Waals surface area contributed by atoms with Gasteiger partial charge in [0.25, 0.3) is 0 Å². The van der Waals surface area contributed by atoms with E-state index in [0.717, 1.165) is 0 Å². The number of aryl methyl sites for hydroxylation is 1. The maximum Gasteiger partial charge on any atom is 0.306 e. The second-order valence-corrected chi connectivity index (χ2v) is 6.55. The molecule has 0 atom stereocenters. The molecule has 1 aliphatic rings. The van der Waals surface area contributed by atoms with Crippen LogP contribution >= 0.6 is 0 Å². The third-order valence-corrected chi connectivity index (χ3v) is 4.70. The normalized spacial score (nSPS) is 19.9. The lowest BCUT2D eigenvalue weighted by Crippen LogP contribution is -2.38. The van der Waals surface area contributed by atoms with Crippen LogP contribution in [0.25, 0.3) is 11.3 Å². The summed E-state index contributed by atoms with van der Waals surface area (Å²) in [5.74, 6) is -0.839. The van der Waals surface area contributed by atoms with Crippen molar-refractivity contribution in [3.8, 4) is 11.3 Å². The number of hydrogen-bond acceptors (Lipinski definition) is 4. The molecule has 3 rings (SSSR count). The van der Waals surface area contributed by atoms with Crippen molar-refractivity contribution in [3.05, 3.63) is 42.2 Å². The molecule has 1 aromatic carbocycles. The quantitative estimate of drug-likeness (QED) is 0.825. The van der Waals surface area contributed by atoms with Gasteiger partial charge in [-0.15, -0.1) is 0 Å². The molecule has 1 aliphatic carbocycles. The Morgan fingerprint density at radius 2 is 1.96 bits per heavy atom. The van der Waals surface area contributed by atoms with Gasteiger partial charge in [0, 0.05) is 18.9 Å². The molecular weight excluding hydrogens is 339 g/mol. The second-order valence-electron chi connectivity index (χ2n) is 6.55. The van der Waals surface area contributed by atoms with Gasteiger partial charge >= 0.3 is 5.97 Å².